The lowest BCUT2D eigenvalue weighted by atomic mass is 9.73. The molecule has 0 aromatic rings. The number of cyclic esters (lactones) is 1. The number of hydrogen-bond donors (Lipinski definition) is 5. The summed E-state index contributed by atoms with van der Waals surface area (Å²) in [5, 5.41) is 58.4. The Bertz CT molecular complexity index is 1560. The summed E-state index contributed by atoms with van der Waals surface area (Å²) in [7, 11) is 7.39. The summed E-state index contributed by atoms with van der Waals surface area (Å²) in [5.74, 6) is -5.89. The molecule has 4 aliphatic heterocycles. The van der Waals surface area contributed by atoms with E-state index in [4.69, 9.17) is 37.9 Å². The van der Waals surface area contributed by atoms with Crippen molar-refractivity contribution in [2.45, 2.75) is 224 Å². The van der Waals surface area contributed by atoms with Crippen LogP contribution in [-0.2, 0) is 52.3 Å². The van der Waals surface area contributed by atoms with E-state index in [-0.39, 0.29) is 43.9 Å². The van der Waals surface area contributed by atoms with Gasteiger partial charge in [-0.15, -0.1) is 0 Å². The highest BCUT2D eigenvalue weighted by molar-refractivity contribution is 5.83. The van der Waals surface area contributed by atoms with Crippen LogP contribution in [0.3, 0.4) is 0 Å². The number of carbonyl (C=O) groups is 3. The van der Waals surface area contributed by atoms with Gasteiger partial charge in [0, 0.05) is 49.6 Å². The third kappa shape index (κ3) is 12.2. The molecule has 64 heavy (non-hydrogen) atoms. The SMILES string of the molecule is CC[C@H]1OC(=O)[C@H](C)[C@@H](O[C@H]2C[C@@](C)(O)[C@@H](OC(C)=O)[C@H](C)O2)[C@H](C)[C@@H](O[C@H]2O[C@@H](C)C[C@@H](N(C)C)[C@@H]2O)[C@](C)(O[C@H]2C[C@@H](N(C)C)[C@@H](O)[C@H](C)O2)C[C@@H](C)C(=O)[C@H](C)[C@@H](O)[C@]1(C)O. The number of nitrogens with zero attached hydrogens (tertiary/aromatic N) is 2. The summed E-state index contributed by atoms with van der Waals surface area (Å²) < 4.78 is 51.5. The third-order valence-electron chi connectivity index (χ3n) is 14.3. The Balaban J connectivity index is 1.97. The molecule has 0 aromatic heterocycles. The normalized spacial score (nSPS) is 48.1. The first-order valence-electron chi connectivity index (χ1n) is 23.2. The summed E-state index contributed by atoms with van der Waals surface area (Å²) in [6.45, 7) is 19.4. The van der Waals surface area contributed by atoms with E-state index in [0.717, 1.165) is 0 Å². The fraction of sp³-hybridized carbons (Fsp3) is 0.935. The number of likely N-dealkylation sites (N-methyl/N-ethyl adjacent to an activating group) is 2. The van der Waals surface area contributed by atoms with Crippen LogP contribution in [0.2, 0.25) is 0 Å². The number of aliphatic hydroxyl groups excluding tert-OH is 3. The Kier molecular flexibility index (Phi) is 18.4. The van der Waals surface area contributed by atoms with E-state index in [1.54, 1.807) is 48.5 Å². The lowest BCUT2D eigenvalue weighted by Crippen LogP contribution is -2.63. The molecule has 4 saturated heterocycles. The minimum Gasteiger partial charge on any atom is -0.459 e. The summed E-state index contributed by atoms with van der Waals surface area (Å²) in [6.07, 6.45) is -13.1. The zero-order valence-electron chi connectivity index (χ0n) is 41.1. The first-order chi connectivity index (χ1) is 29.5. The van der Waals surface area contributed by atoms with Gasteiger partial charge in [-0.1, -0.05) is 27.7 Å². The molecule has 5 N–H and O–H groups in total. The van der Waals surface area contributed by atoms with Crippen LogP contribution in [0.1, 0.15) is 115 Å². The van der Waals surface area contributed by atoms with Crippen molar-refractivity contribution in [1.82, 2.24) is 9.80 Å². The molecule has 18 heteroatoms. The van der Waals surface area contributed by atoms with E-state index in [9.17, 15) is 39.9 Å². The van der Waals surface area contributed by atoms with Gasteiger partial charge in [0.25, 0.3) is 0 Å². The molecule has 18 nitrogen and oxygen atoms in total. The molecule has 0 amide bonds. The summed E-state index contributed by atoms with van der Waals surface area (Å²) in [6, 6.07) is -0.771. The molecule has 4 fully saturated rings. The average molecular weight is 919 g/mol. The lowest BCUT2D eigenvalue weighted by Gasteiger charge is -2.51. The number of ketones is 1. The van der Waals surface area contributed by atoms with Crippen molar-refractivity contribution in [2.75, 3.05) is 28.2 Å². The molecule has 372 valence electrons. The van der Waals surface area contributed by atoms with E-state index < -0.39 is 132 Å². The van der Waals surface area contributed by atoms with Crippen LogP contribution in [-0.4, -0.2) is 190 Å². The number of rotatable bonds is 10. The van der Waals surface area contributed by atoms with E-state index in [1.165, 1.54) is 27.7 Å². The molecule has 4 rings (SSSR count). The van der Waals surface area contributed by atoms with Gasteiger partial charge in [-0.25, -0.2) is 0 Å². The molecule has 0 aromatic carbocycles. The second-order valence-corrected chi connectivity index (χ2v) is 20.5. The van der Waals surface area contributed by atoms with Gasteiger partial charge in [-0.2, -0.15) is 0 Å². The Morgan fingerprint density at radius 2 is 1.34 bits per heavy atom. The average Bonchev–Trinajstić information content (AvgIpc) is 3.19. The van der Waals surface area contributed by atoms with Gasteiger partial charge in [-0.3, -0.25) is 14.4 Å². The Morgan fingerprint density at radius 3 is 1.89 bits per heavy atom. The zero-order valence-corrected chi connectivity index (χ0v) is 41.1. The molecule has 0 spiro atoms. The van der Waals surface area contributed by atoms with Crippen LogP contribution in [0.25, 0.3) is 0 Å². The Hall–Kier alpha value is -1.91. The van der Waals surface area contributed by atoms with Gasteiger partial charge in [0.2, 0.25) is 0 Å². The molecule has 22 atom stereocenters. The zero-order chi connectivity index (χ0) is 48.5. The van der Waals surface area contributed by atoms with E-state index >= 15 is 0 Å². The molecule has 0 unspecified atom stereocenters. The number of hydrogen-bond acceptors (Lipinski definition) is 18. The van der Waals surface area contributed by atoms with Gasteiger partial charge in [0.05, 0.1) is 54.2 Å². The topological polar surface area (TPSA) is 233 Å². The van der Waals surface area contributed by atoms with E-state index in [0.29, 0.717) is 6.42 Å². The minimum atomic E-state index is -2.06. The molecular formula is C46H82N2O16. The molecule has 4 heterocycles. The highest BCUT2D eigenvalue weighted by Gasteiger charge is 2.56. The number of carbonyl (C=O) groups excluding carboxylic acids is 3. The van der Waals surface area contributed by atoms with Crippen LogP contribution < -0.4 is 0 Å². The molecule has 0 radical (unpaired) electrons. The molecule has 0 aliphatic carbocycles. The highest BCUT2D eigenvalue weighted by atomic mass is 16.7. The third-order valence-corrected chi connectivity index (χ3v) is 14.3. The predicted octanol–water partition coefficient (Wildman–Crippen LogP) is 2.15. The maximum atomic E-state index is 14.6. The summed E-state index contributed by atoms with van der Waals surface area (Å²) in [4.78, 5) is 44.9. The van der Waals surface area contributed by atoms with Crippen molar-refractivity contribution in [3.05, 3.63) is 0 Å². The minimum absolute atomic E-state index is 0.0581. The van der Waals surface area contributed by atoms with Gasteiger partial charge in [0.1, 0.15) is 29.2 Å². The fourth-order valence-electron chi connectivity index (χ4n) is 10.6. The molecule has 0 saturated carbocycles. The highest BCUT2D eigenvalue weighted by Crippen LogP contribution is 2.43. The quantitative estimate of drug-likeness (QED) is 0.198. The van der Waals surface area contributed by atoms with Crippen LogP contribution in [0, 0.1) is 23.7 Å². The lowest BCUT2D eigenvalue weighted by molar-refractivity contribution is -0.340. The number of Topliss-reactive ketones (excluding diaryl/α,β-unsaturated/α-hetero) is 1. The number of ether oxygens (including phenoxy) is 8. The Morgan fingerprint density at radius 1 is 0.766 bits per heavy atom. The summed E-state index contributed by atoms with van der Waals surface area (Å²) >= 11 is 0. The second kappa shape index (κ2) is 21.6. The fourth-order valence-corrected chi connectivity index (χ4v) is 10.6. The maximum Gasteiger partial charge on any atom is 0.311 e. The number of aliphatic hydroxyl groups is 5. The van der Waals surface area contributed by atoms with Crippen molar-refractivity contribution in [1.29, 1.82) is 0 Å². The van der Waals surface area contributed by atoms with Crippen molar-refractivity contribution < 1.29 is 77.8 Å². The molecule has 0 bridgehead atoms. The van der Waals surface area contributed by atoms with E-state index in [1.807, 2.05) is 44.9 Å². The first-order valence-corrected chi connectivity index (χ1v) is 23.2. The van der Waals surface area contributed by atoms with Crippen molar-refractivity contribution >= 4 is 17.7 Å². The van der Waals surface area contributed by atoms with Crippen molar-refractivity contribution in [2.24, 2.45) is 23.7 Å². The first kappa shape index (κ1) is 54.7. The molecule has 4 aliphatic rings. The van der Waals surface area contributed by atoms with Crippen LogP contribution in [0.4, 0.5) is 0 Å². The van der Waals surface area contributed by atoms with Gasteiger partial charge in [-0.05, 0) is 95.9 Å². The molecular weight excluding hydrogens is 837 g/mol. The van der Waals surface area contributed by atoms with Crippen molar-refractivity contribution in [3.63, 3.8) is 0 Å². The smallest absolute Gasteiger partial charge is 0.311 e. The standard InChI is InChI=1S/C46H82N2O16/c1-17-32-46(12,56)39(53)24(4)35(50)22(2)20-45(11,64-33-19-31(48(15)16)36(51)27(7)58-33)40(63-43-37(52)30(47(13)14)18-23(3)57-43)25(5)38(26(6)42(54)61-32)62-34-21-44(10,55)41(28(8)59-34)60-29(9)49/h22-28,30-34,36-41,43,51-53,55-56H,17-21H2,1-16H3/t22-,23+,24+,25+,26-,27+,28+,30-,31-,32-,33+,34+,36+,37+,38+,39-,40-,41+,43-,44-,45-,46-/m1/s1. The van der Waals surface area contributed by atoms with Gasteiger partial charge < -0.3 is 73.2 Å². The van der Waals surface area contributed by atoms with Crippen LogP contribution in [0.15, 0.2) is 0 Å². The van der Waals surface area contributed by atoms with Crippen molar-refractivity contribution in [3.8, 4) is 0 Å². The largest absolute Gasteiger partial charge is 0.459 e. The van der Waals surface area contributed by atoms with E-state index in [2.05, 4.69) is 0 Å². The predicted molar refractivity (Wildman–Crippen MR) is 232 cm³/mol. The number of esters is 2. The summed E-state index contributed by atoms with van der Waals surface area (Å²) in [5.41, 5.74) is -5.26. The van der Waals surface area contributed by atoms with Gasteiger partial charge in [0.15, 0.2) is 25.0 Å². The monoisotopic (exact) mass is 919 g/mol. The second-order valence-electron chi connectivity index (χ2n) is 20.5. The van der Waals surface area contributed by atoms with Crippen LogP contribution >= 0.6 is 0 Å². The Labute approximate surface area is 380 Å². The van der Waals surface area contributed by atoms with Crippen LogP contribution in [0.5, 0.6) is 0 Å². The maximum absolute atomic E-state index is 14.6. The van der Waals surface area contributed by atoms with Gasteiger partial charge >= 0.3 is 11.9 Å².